The molecule has 26 heavy (non-hydrogen) atoms. The molecule has 3 fully saturated rings. The summed E-state index contributed by atoms with van der Waals surface area (Å²) in [7, 11) is 0. The van der Waals surface area contributed by atoms with E-state index in [9.17, 15) is 4.79 Å². The molecule has 5 heteroatoms. The van der Waals surface area contributed by atoms with Crippen LogP contribution in [0, 0.1) is 6.92 Å². The van der Waals surface area contributed by atoms with Gasteiger partial charge >= 0.3 is 0 Å². The lowest BCUT2D eigenvalue weighted by Crippen LogP contribution is -2.58. The lowest BCUT2D eigenvalue weighted by atomic mass is 10.1. The third-order valence-electron chi connectivity index (χ3n) is 6.40. The standard InChI is InChI=1S/C21H32N4O/c1-17-5-3-6-19(13-17)22-9-11-23(12-10-22)21(26)16-25-15-20-7-4-8-24(20)14-18(25)2/h3,5-6,13,18,20H,4,7-12,14-16H2,1-2H3/t18-,20+/m0/s1. The lowest BCUT2D eigenvalue weighted by Gasteiger charge is -2.43. The Morgan fingerprint density at radius 2 is 1.92 bits per heavy atom. The molecule has 2 atom stereocenters. The summed E-state index contributed by atoms with van der Waals surface area (Å²) in [6, 6.07) is 9.83. The van der Waals surface area contributed by atoms with Crippen LogP contribution < -0.4 is 4.90 Å². The first kappa shape index (κ1) is 17.8. The van der Waals surface area contributed by atoms with Gasteiger partial charge in [-0.25, -0.2) is 0 Å². The molecular weight excluding hydrogens is 324 g/mol. The second-order valence-electron chi connectivity index (χ2n) is 8.28. The summed E-state index contributed by atoms with van der Waals surface area (Å²) in [5.74, 6) is 0.312. The van der Waals surface area contributed by atoms with E-state index >= 15 is 0 Å². The van der Waals surface area contributed by atoms with E-state index in [2.05, 4.69) is 57.7 Å². The first-order valence-corrected chi connectivity index (χ1v) is 10.2. The third kappa shape index (κ3) is 3.74. The number of fused-ring (bicyclic) bond motifs is 1. The number of hydrogen-bond acceptors (Lipinski definition) is 4. The molecule has 0 spiro atoms. The minimum absolute atomic E-state index is 0.312. The zero-order valence-electron chi connectivity index (χ0n) is 16.2. The van der Waals surface area contributed by atoms with Crippen molar-refractivity contribution in [1.29, 1.82) is 0 Å². The summed E-state index contributed by atoms with van der Waals surface area (Å²) >= 11 is 0. The van der Waals surface area contributed by atoms with Crippen LogP contribution in [0.2, 0.25) is 0 Å². The molecular formula is C21H32N4O. The van der Waals surface area contributed by atoms with Crippen molar-refractivity contribution in [3.05, 3.63) is 29.8 Å². The van der Waals surface area contributed by atoms with Crippen LogP contribution >= 0.6 is 0 Å². The molecule has 0 aromatic heterocycles. The maximum atomic E-state index is 12.9. The van der Waals surface area contributed by atoms with E-state index in [0.29, 0.717) is 24.5 Å². The second-order valence-corrected chi connectivity index (χ2v) is 8.28. The number of nitrogens with zero attached hydrogens (tertiary/aromatic N) is 4. The highest BCUT2D eigenvalue weighted by atomic mass is 16.2. The number of benzene rings is 1. The number of carbonyl (C=O) groups is 1. The maximum absolute atomic E-state index is 12.9. The number of hydrogen-bond donors (Lipinski definition) is 0. The fourth-order valence-electron chi connectivity index (χ4n) is 4.78. The lowest BCUT2D eigenvalue weighted by molar-refractivity contribution is -0.134. The first-order valence-electron chi connectivity index (χ1n) is 10.2. The molecule has 3 heterocycles. The normalized spacial score (nSPS) is 27.6. The molecule has 0 aliphatic carbocycles. The highest BCUT2D eigenvalue weighted by molar-refractivity contribution is 5.78. The smallest absolute Gasteiger partial charge is 0.236 e. The Kier molecular flexibility index (Phi) is 5.18. The second kappa shape index (κ2) is 7.57. The van der Waals surface area contributed by atoms with Gasteiger partial charge in [0, 0.05) is 57.0 Å². The van der Waals surface area contributed by atoms with Crippen LogP contribution in [0.5, 0.6) is 0 Å². The van der Waals surface area contributed by atoms with Gasteiger partial charge in [-0.3, -0.25) is 14.6 Å². The van der Waals surface area contributed by atoms with Gasteiger partial charge in [0.2, 0.25) is 5.91 Å². The summed E-state index contributed by atoms with van der Waals surface area (Å²) in [5.41, 5.74) is 2.57. The van der Waals surface area contributed by atoms with Gasteiger partial charge in [0.25, 0.3) is 0 Å². The topological polar surface area (TPSA) is 30.0 Å². The zero-order chi connectivity index (χ0) is 18.1. The molecule has 142 valence electrons. The fourth-order valence-corrected chi connectivity index (χ4v) is 4.78. The van der Waals surface area contributed by atoms with Gasteiger partial charge in [0.1, 0.15) is 0 Å². The average molecular weight is 357 g/mol. The van der Waals surface area contributed by atoms with Crippen molar-refractivity contribution >= 4 is 11.6 Å². The van der Waals surface area contributed by atoms with E-state index in [1.165, 1.54) is 30.6 Å². The molecule has 1 aromatic rings. The summed E-state index contributed by atoms with van der Waals surface area (Å²) < 4.78 is 0. The van der Waals surface area contributed by atoms with Crippen LogP contribution in [0.25, 0.3) is 0 Å². The van der Waals surface area contributed by atoms with Crippen molar-refractivity contribution in [3.8, 4) is 0 Å². The molecule has 0 bridgehead atoms. The van der Waals surface area contributed by atoms with Crippen molar-refractivity contribution in [2.45, 2.75) is 38.8 Å². The predicted molar refractivity (Wildman–Crippen MR) is 106 cm³/mol. The molecule has 0 radical (unpaired) electrons. The Labute approximate surface area is 157 Å². The zero-order valence-corrected chi connectivity index (χ0v) is 16.2. The number of piperazine rings is 2. The Balaban J connectivity index is 1.29. The fraction of sp³-hybridized carbons (Fsp3) is 0.667. The minimum Gasteiger partial charge on any atom is -0.368 e. The van der Waals surface area contributed by atoms with E-state index in [1.807, 2.05) is 0 Å². The molecule has 0 unspecified atom stereocenters. The molecule has 4 rings (SSSR count). The van der Waals surface area contributed by atoms with E-state index in [0.717, 1.165) is 39.3 Å². The highest BCUT2D eigenvalue weighted by Gasteiger charge is 2.35. The van der Waals surface area contributed by atoms with Gasteiger partial charge in [-0.15, -0.1) is 0 Å². The summed E-state index contributed by atoms with van der Waals surface area (Å²) in [6.07, 6.45) is 2.62. The Morgan fingerprint density at radius 1 is 1.12 bits per heavy atom. The maximum Gasteiger partial charge on any atom is 0.236 e. The number of rotatable bonds is 3. The van der Waals surface area contributed by atoms with Crippen molar-refractivity contribution in [2.75, 3.05) is 57.3 Å². The van der Waals surface area contributed by atoms with E-state index < -0.39 is 0 Å². The first-order chi connectivity index (χ1) is 12.6. The van der Waals surface area contributed by atoms with E-state index in [4.69, 9.17) is 0 Å². The van der Waals surface area contributed by atoms with Crippen LogP contribution in [0.15, 0.2) is 24.3 Å². The van der Waals surface area contributed by atoms with Crippen LogP contribution in [0.4, 0.5) is 5.69 Å². The molecule has 0 saturated carbocycles. The van der Waals surface area contributed by atoms with Crippen LogP contribution in [0.1, 0.15) is 25.3 Å². The van der Waals surface area contributed by atoms with Gasteiger partial charge in [-0.05, 0) is 50.9 Å². The Bertz CT molecular complexity index is 641. The summed E-state index contributed by atoms with van der Waals surface area (Å²) in [6.45, 7) is 12.0. The van der Waals surface area contributed by atoms with Crippen molar-refractivity contribution < 1.29 is 4.79 Å². The van der Waals surface area contributed by atoms with Gasteiger partial charge in [-0.2, -0.15) is 0 Å². The van der Waals surface area contributed by atoms with Gasteiger partial charge in [0.15, 0.2) is 0 Å². The molecule has 5 nitrogen and oxygen atoms in total. The number of aryl methyl sites for hydroxylation is 1. The van der Waals surface area contributed by atoms with Crippen molar-refractivity contribution in [3.63, 3.8) is 0 Å². The van der Waals surface area contributed by atoms with Crippen LogP contribution in [-0.4, -0.2) is 85.0 Å². The molecule has 1 aromatic carbocycles. The van der Waals surface area contributed by atoms with Gasteiger partial charge in [0.05, 0.1) is 6.54 Å². The average Bonchev–Trinajstić information content (AvgIpc) is 3.09. The summed E-state index contributed by atoms with van der Waals surface area (Å²) in [4.78, 5) is 22.4. The SMILES string of the molecule is Cc1cccc(N2CCN(C(=O)CN3C[C@H]4CCCN4C[C@@H]3C)CC2)c1. The van der Waals surface area contributed by atoms with Crippen molar-refractivity contribution in [2.24, 2.45) is 0 Å². The van der Waals surface area contributed by atoms with E-state index in [1.54, 1.807) is 0 Å². The van der Waals surface area contributed by atoms with Crippen LogP contribution in [-0.2, 0) is 4.79 Å². The molecule has 3 saturated heterocycles. The Hall–Kier alpha value is -1.59. The van der Waals surface area contributed by atoms with Gasteiger partial charge < -0.3 is 9.80 Å². The largest absolute Gasteiger partial charge is 0.368 e. The predicted octanol–water partition coefficient (Wildman–Crippen LogP) is 1.81. The Morgan fingerprint density at radius 3 is 2.69 bits per heavy atom. The van der Waals surface area contributed by atoms with Crippen molar-refractivity contribution in [1.82, 2.24) is 14.7 Å². The highest BCUT2D eigenvalue weighted by Crippen LogP contribution is 2.24. The minimum atomic E-state index is 0.312. The van der Waals surface area contributed by atoms with Crippen LogP contribution in [0.3, 0.4) is 0 Å². The van der Waals surface area contributed by atoms with E-state index in [-0.39, 0.29) is 0 Å². The summed E-state index contributed by atoms with van der Waals surface area (Å²) in [5, 5.41) is 0. The molecule has 0 N–H and O–H groups in total. The molecule has 3 aliphatic heterocycles. The molecule has 3 aliphatic rings. The monoisotopic (exact) mass is 356 g/mol. The third-order valence-corrected chi connectivity index (χ3v) is 6.40. The molecule has 1 amide bonds. The number of amides is 1. The number of carbonyl (C=O) groups excluding carboxylic acids is 1. The van der Waals surface area contributed by atoms with Gasteiger partial charge in [-0.1, -0.05) is 12.1 Å². The number of anilines is 1. The quantitative estimate of drug-likeness (QED) is 0.826.